The summed E-state index contributed by atoms with van der Waals surface area (Å²) >= 11 is 3.47. The molecule has 1 amide bonds. The van der Waals surface area contributed by atoms with Crippen LogP contribution in [0.4, 0.5) is 0 Å². The van der Waals surface area contributed by atoms with Crippen LogP contribution in [0.5, 0.6) is 0 Å². The summed E-state index contributed by atoms with van der Waals surface area (Å²) in [7, 11) is 0. The van der Waals surface area contributed by atoms with Gasteiger partial charge in [0.15, 0.2) is 0 Å². The van der Waals surface area contributed by atoms with E-state index in [1.807, 2.05) is 0 Å². The summed E-state index contributed by atoms with van der Waals surface area (Å²) in [6.45, 7) is 4.03. The van der Waals surface area contributed by atoms with Gasteiger partial charge in [-0.3, -0.25) is 4.79 Å². The van der Waals surface area contributed by atoms with Crippen LogP contribution >= 0.6 is 15.9 Å². The number of likely N-dealkylation sites (tertiary alicyclic amines) is 1. The van der Waals surface area contributed by atoms with Crippen LogP contribution in [0, 0.1) is 5.41 Å². The Morgan fingerprint density at radius 1 is 1.18 bits per heavy atom. The van der Waals surface area contributed by atoms with Gasteiger partial charge < -0.3 is 4.90 Å². The summed E-state index contributed by atoms with van der Waals surface area (Å²) in [5.41, 5.74) is 0.600. The van der Waals surface area contributed by atoms with Crippen molar-refractivity contribution in [3.05, 3.63) is 0 Å². The molecule has 98 valence electrons. The highest BCUT2D eigenvalue weighted by Crippen LogP contribution is 2.44. The first-order valence-electron chi connectivity index (χ1n) is 7.10. The Morgan fingerprint density at radius 3 is 2.29 bits per heavy atom. The molecule has 0 bridgehead atoms. The third kappa shape index (κ3) is 3.04. The van der Waals surface area contributed by atoms with E-state index < -0.39 is 0 Å². The van der Waals surface area contributed by atoms with Gasteiger partial charge in [0.05, 0.1) is 4.83 Å². The topological polar surface area (TPSA) is 20.3 Å². The summed E-state index contributed by atoms with van der Waals surface area (Å²) in [4.78, 5) is 14.2. The second kappa shape index (κ2) is 5.73. The molecule has 0 radical (unpaired) electrons. The fourth-order valence-electron chi connectivity index (χ4n) is 3.38. The molecule has 2 rings (SSSR count). The predicted octanol–water partition coefficient (Wildman–Crippen LogP) is 3.73. The van der Waals surface area contributed by atoms with Crippen LogP contribution in [0.1, 0.15) is 58.3 Å². The molecule has 0 N–H and O–H groups in total. The molecule has 17 heavy (non-hydrogen) atoms. The highest BCUT2D eigenvalue weighted by molar-refractivity contribution is 9.10. The zero-order valence-electron chi connectivity index (χ0n) is 10.9. The van der Waals surface area contributed by atoms with Crippen LogP contribution in [0.25, 0.3) is 0 Å². The molecule has 2 nitrogen and oxygen atoms in total. The van der Waals surface area contributed by atoms with Crippen LogP contribution in [-0.4, -0.2) is 28.7 Å². The highest BCUT2D eigenvalue weighted by atomic mass is 79.9. The van der Waals surface area contributed by atoms with E-state index in [9.17, 15) is 4.79 Å². The second-order valence-electron chi connectivity index (χ2n) is 5.76. The summed E-state index contributed by atoms with van der Waals surface area (Å²) in [6, 6.07) is 0. The number of alkyl halides is 1. The van der Waals surface area contributed by atoms with E-state index in [1.165, 1.54) is 44.9 Å². The largest absolute Gasteiger partial charge is 0.342 e. The number of amides is 1. The van der Waals surface area contributed by atoms with Gasteiger partial charge in [-0.1, -0.05) is 42.1 Å². The van der Waals surface area contributed by atoms with Gasteiger partial charge in [0, 0.05) is 13.1 Å². The van der Waals surface area contributed by atoms with Crippen molar-refractivity contribution in [2.45, 2.75) is 63.1 Å². The van der Waals surface area contributed by atoms with Crippen molar-refractivity contribution >= 4 is 21.8 Å². The molecule has 1 aliphatic heterocycles. The summed E-state index contributed by atoms with van der Waals surface area (Å²) in [5, 5.41) is 0. The Bertz CT molecular complexity index is 263. The Kier molecular flexibility index (Phi) is 4.51. The van der Waals surface area contributed by atoms with Crippen LogP contribution in [0.2, 0.25) is 0 Å². The molecule has 0 aromatic rings. The lowest BCUT2D eigenvalue weighted by molar-refractivity contribution is -0.133. The number of nitrogens with zero attached hydrogens (tertiary/aromatic N) is 1. The Balaban J connectivity index is 1.87. The van der Waals surface area contributed by atoms with Crippen LogP contribution in [0.3, 0.4) is 0 Å². The van der Waals surface area contributed by atoms with Crippen LogP contribution in [0.15, 0.2) is 0 Å². The lowest BCUT2D eigenvalue weighted by Crippen LogP contribution is -2.46. The fourth-order valence-corrected chi connectivity index (χ4v) is 3.67. The minimum absolute atomic E-state index is 0.0305. The summed E-state index contributed by atoms with van der Waals surface area (Å²) < 4.78 is 0. The monoisotopic (exact) mass is 301 g/mol. The molecule has 2 aliphatic rings. The normalized spacial score (nSPS) is 25.9. The van der Waals surface area contributed by atoms with E-state index in [2.05, 4.69) is 27.8 Å². The van der Waals surface area contributed by atoms with E-state index in [4.69, 9.17) is 0 Å². The van der Waals surface area contributed by atoms with Crippen LogP contribution < -0.4 is 0 Å². The molecule has 1 atom stereocenters. The van der Waals surface area contributed by atoms with Gasteiger partial charge in [0.25, 0.3) is 0 Å². The molecule has 1 spiro atoms. The first-order chi connectivity index (χ1) is 8.17. The summed E-state index contributed by atoms with van der Waals surface area (Å²) in [5.74, 6) is 0.304. The molecular weight excluding hydrogens is 278 g/mol. The number of halogens is 1. The molecule has 2 fully saturated rings. The van der Waals surface area contributed by atoms with Crippen LogP contribution in [-0.2, 0) is 4.79 Å². The first-order valence-corrected chi connectivity index (χ1v) is 8.01. The van der Waals surface area contributed by atoms with Gasteiger partial charge in [0.1, 0.15) is 0 Å². The highest BCUT2D eigenvalue weighted by Gasteiger charge is 2.37. The minimum atomic E-state index is 0.0305. The lowest BCUT2D eigenvalue weighted by Gasteiger charge is -2.44. The van der Waals surface area contributed by atoms with Gasteiger partial charge in [-0.05, 0) is 37.5 Å². The van der Waals surface area contributed by atoms with Gasteiger partial charge in [-0.2, -0.15) is 0 Å². The maximum atomic E-state index is 12.1. The molecule has 1 aliphatic carbocycles. The van der Waals surface area contributed by atoms with Crippen molar-refractivity contribution in [3.8, 4) is 0 Å². The van der Waals surface area contributed by atoms with Crippen molar-refractivity contribution in [1.29, 1.82) is 0 Å². The van der Waals surface area contributed by atoms with Gasteiger partial charge in [-0.25, -0.2) is 0 Å². The maximum absolute atomic E-state index is 12.1. The first kappa shape index (κ1) is 13.4. The Hall–Kier alpha value is -0.0500. The molecule has 1 unspecified atom stereocenters. The van der Waals surface area contributed by atoms with E-state index in [0.29, 0.717) is 11.3 Å². The fraction of sp³-hybridized carbons (Fsp3) is 0.929. The minimum Gasteiger partial charge on any atom is -0.342 e. The Morgan fingerprint density at radius 2 is 1.76 bits per heavy atom. The number of rotatable bonds is 2. The number of hydrogen-bond donors (Lipinski definition) is 0. The van der Waals surface area contributed by atoms with E-state index in [1.54, 1.807) is 0 Å². The third-order valence-electron chi connectivity index (χ3n) is 4.68. The lowest BCUT2D eigenvalue weighted by atomic mass is 9.68. The molecule has 3 heteroatoms. The summed E-state index contributed by atoms with van der Waals surface area (Å²) in [6.07, 6.45) is 10.4. The number of carbonyl (C=O) groups excluding carboxylic acids is 1. The van der Waals surface area contributed by atoms with Crippen molar-refractivity contribution < 1.29 is 4.79 Å². The molecule has 0 aromatic heterocycles. The number of carbonyl (C=O) groups is 1. The Labute approximate surface area is 113 Å². The van der Waals surface area contributed by atoms with Crippen molar-refractivity contribution in [2.75, 3.05) is 13.1 Å². The van der Waals surface area contributed by atoms with E-state index in [0.717, 1.165) is 19.5 Å². The maximum Gasteiger partial charge on any atom is 0.236 e. The van der Waals surface area contributed by atoms with Crippen molar-refractivity contribution in [1.82, 2.24) is 4.90 Å². The molecule has 1 heterocycles. The van der Waals surface area contributed by atoms with E-state index in [-0.39, 0.29) is 4.83 Å². The molecule has 1 saturated carbocycles. The van der Waals surface area contributed by atoms with E-state index >= 15 is 0 Å². The molecule has 1 saturated heterocycles. The molecule has 0 aromatic carbocycles. The standard InChI is InChI=1S/C14H24BrNO/c1-2-12(15)13(17)16-10-8-14(9-11-16)6-4-3-5-7-14/h12H,2-11H2,1H3. The van der Waals surface area contributed by atoms with Gasteiger partial charge in [-0.15, -0.1) is 0 Å². The number of hydrogen-bond acceptors (Lipinski definition) is 1. The SMILES string of the molecule is CCC(Br)C(=O)N1CCC2(CCCCC2)CC1. The second-order valence-corrected chi connectivity index (χ2v) is 6.87. The quantitative estimate of drug-likeness (QED) is 0.712. The van der Waals surface area contributed by atoms with Gasteiger partial charge in [0.2, 0.25) is 5.91 Å². The third-order valence-corrected chi connectivity index (χ3v) is 5.72. The number of piperidine rings is 1. The predicted molar refractivity (Wildman–Crippen MR) is 74.3 cm³/mol. The van der Waals surface area contributed by atoms with Crippen molar-refractivity contribution in [3.63, 3.8) is 0 Å². The zero-order valence-corrected chi connectivity index (χ0v) is 12.5. The van der Waals surface area contributed by atoms with Crippen molar-refractivity contribution in [2.24, 2.45) is 5.41 Å². The smallest absolute Gasteiger partial charge is 0.236 e. The van der Waals surface area contributed by atoms with Gasteiger partial charge >= 0.3 is 0 Å². The molecular formula is C14H24BrNO. The zero-order chi connectivity index (χ0) is 12.3. The average Bonchev–Trinajstić information content (AvgIpc) is 2.39. The average molecular weight is 302 g/mol.